The zero-order valence-corrected chi connectivity index (χ0v) is 26.2. The molecule has 1 aliphatic carbocycles. The molecule has 3 aromatic carbocycles. The number of rotatable bonds is 6. The zero-order valence-electron chi connectivity index (χ0n) is 20.7. The Kier molecular flexibility index (Phi) is 5.49. The Morgan fingerprint density at radius 2 is 1.24 bits per heavy atom. The van der Waals surface area contributed by atoms with Crippen molar-refractivity contribution in [3.8, 4) is 0 Å². The van der Waals surface area contributed by atoms with Crippen molar-refractivity contribution in [2.24, 2.45) is 0 Å². The monoisotopic (exact) mass is 597 g/mol. The summed E-state index contributed by atoms with van der Waals surface area (Å²) in [5, 5.41) is 0. The molecule has 0 aromatic heterocycles. The van der Waals surface area contributed by atoms with Crippen LogP contribution in [0.5, 0.6) is 0 Å². The van der Waals surface area contributed by atoms with Crippen LogP contribution in [0.4, 0.5) is 0 Å². The van der Waals surface area contributed by atoms with Crippen LogP contribution in [0.3, 0.4) is 0 Å². The Hall–Kier alpha value is -1.06. The van der Waals surface area contributed by atoms with Crippen LogP contribution < -0.4 is 3.26 Å². The minimum absolute atomic E-state index is 0.0542. The molecule has 1 N–H and O–H groups in total. The molecule has 0 amide bonds. The van der Waals surface area contributed by atoms with Crippen molar-refractivity contribution in [2.45, 2.75) is 47.5 Å². The summed E-state index contributed by atoms with van der Waals surface area (Å²) in [6.45, 7) is 9.39. The van der Waals surface area contributed by atoms with Crippen molar-refractivity contribution in [3.05, 3.63) is 112 Å². The first-order chi connectivity index (χ1) is 15.2. The van der Waals surface area contributed by atoms with Gasteiger partial charge in [0, 0.05) is 0 Å². The molecule has 0 radical (unpaired) electrons. The van der Waals surface area contributed by atoms with Crippen molar-refractivity contribution in [1.82, 2.24) is 3.26 Å². The average molecular weight is 600 g/mol. The van der Waals surface area contributed by atoms with Crippen molar-refractivity contribution < 1.29 is 14.7 Å². The minimum atomic E-state index is -5.10. The number of halogens is 1. The maximum atomic E-state index is 4.54. The average Bonchev–Trinajstić information content (AvgIpc) is 3.05. The van der Waals surface area contributed by atoms with Gasteiger partial charge in [-0.25, -0.2) is 0 Å². The van der Waals surface area contributed by atoms with Gasteiger partial charge in [0.1, 0.15) is 0 Å². The van der Waals surface area contributed by atoms with E-state index in [9.17, 15) is 0 Å². The van der Waals surface area contributed by atoms with Crippen LogP contribution >= 0.6 is 15.9 Å². The molecule has 174 valence electrons. The number of hydrogen-bond acceptors (Lipinski definition) is 1. The molecule has 0 saturated carbocycles. The fourth-order valence-corrected chi connectivity index (χ4v) is 54.0. The summed E-state index contributed by atoms with van der Waals surface area (Å²) in [6, 6.07) is 31.3. The van der Waals surface area contributed by atoms with Gasteiger partial charge in [-0.2, -0.15) is 0 Å². The molecule has 4 rings (SSSR count). The number of benzene rings is 3. The van der Waals surface area contributed by atoms with Crippen LogP contribution in [0.25, 0.3) is 6.08 Å². The number of hydrogen-bond donors (Lipinski definition) is 1. The Bertz CT molecular complexity index is 1310. The molecule has 1 nitrogen and oxygen atoms in total. The second-order valence-electron chi connectivity index (χ2n) is 14.0. The van der Waals surface area contributed by atoms with Crippen LogP contribution in [0.2, 0.25) is 9.26 Å². The summed E-state index contributed by atoms with van der Waals surface area (Å²) in [6.07, 6.45) is 2.37. The zero-order chi connectivity index (χ0) is 24.1. The molecule has 1 unspecified atom stereocenters. The molecule has 0 saturated heterocycles. The first-order valence-electron chi connectivity index (χ1n) is 12.0. The van der Waals surface area contributed by atoms with E-state index >= 15 is 0 Å². The Balaban J connectivity index is 2.15. The fraction of sp³-hybridized carbons (Fsp3) is 0.310. The third-order valence-electron chi connectivity index (χ3n) is 7.85. The second-order valence-corrected chi connectivity index (χ2v) is 65.7. The van der Waals surface area contributed by atoms with Crippen molar-refractivity contribution in [1.29, 1.82) is 0 Å². The van der Waals surface area contributed by atoms with Gasteiger partial charge >= 0.3 is 206 Å². The molecule has 0 fully saturated rings. The number of nitrogens with one attached hydrogen (secondary N) is 1. The van der Waals surface area contributed by atoms with Gasteiger partial charge in [0.15, 0.2) is 0 Å². The van der Waals surface area contributed by atoms with E-state index in [-0.39, 0.29) is 9.16 Å². The third kappa shape index (κ3) is 4.61. The SMILES string of the molecule is CC(C)(C)[NH][Zr]([CH3])([CH3])(=[SiH2])([CH2]c1ccccc1)([CH2]c1ccccc1)[CH]1C(Br)=Cc2ccccc21. The molecule has 1 atom stereocenters. The van der Waals surface area contributed by atoms with Crippen LogP contribution in [0, 0.1) is 0 Å². The van der Waals surface area contributed by atoms with Gasteiger partial charge in [0.25, 0.3) is 0 Å². The summed E-state index contributed by atoms with van der Waals surface area (Å²) < 4.78 is 13.6. The molecular weight excluding hydrogens is 562 g/mol. The topological polar surface area (TPSA) is 12.0 Å². The van der Waals surface area contributed by atoms with E-state index in [2.05, 4.69) is 147 Å². The predicted molar refractivity (Wildman–Crippen MR) is 150 cm³/mol. The summed E-state index contributed by atoms with van der Waals surface area (Å²) in [5.74, 6) is 0. The van der Waals surface area contributed by atoms with Crippen molar-refractivity contribution in [3.63, 3.8) is 0 Å². The summed E-state index contributed by atoms with van der Waals surface area (Å²) in [5.41, 5.74) is 5.57. The summed E-state index contributed by atoms with van der Waals surface area (Å²) in [7, 11) is 0. The van der Waals surface area contributed by atoms with Gasteiger partial charge in [0.05, 0.1) is 0 Å². The molecule has 0 spiro atoms. The molecule has 3 aromatic rings. The van der Waals surface area contributed by atoms with E-state index < -0.39 is 14.7 Å². The Morgan fingerprint density at radius 3 is 1.73 bits per heavy atom. The summed E-state index contributed by atoms with van der Waals surface area (Å²) in [4.78, 5) is 0. The first kappa shape index (κ1) is 25.0. The fourth-order valence-electron chi connectivity index (χ4n) is 7.86. The third-order valence-corrected chi connectivity index (χ3v) is 38.6. The molecule has 0 bridgehead atoms. The van der Waals surface area contributed by atoms with E-state index in [0.29, 0.717) is 0 Å². The molecule has 4 heteroatoms. The Morgan fingerprint density at radius 1 is 0.788 bits per heavy atom. The van der Waals surface area contributed by atoms with Crippen LogP contribution in [0.1, 0.15) is 46.7 Å². The molecule has 0 aliphatic heterocycles. The van der Waals surface area contributed by atoms with E-state index in [4.69, 9.17) is 0 Å². The maximum absolute atomic E-state index is 5.10. The van der Waals surface area contributed by atoms with Crippen LogP contribution in [-0.4, -0.2) is 12.4 Å². The number of fused-ring (bicyclic) bond motifs is 1. The van der Waals surface area contributed by atoms with Gasteiger partial charge in [-0.05, 0) is 0 Å². The van der Waals surface area contributed by atoms with E-state index in [1.54, 1.807) is 0 Å². The molecule has 1 aliphatic rings. The summed E-state index contributed by atoms with van der Waals surface area (Å²) >= 11 is -0.962. The van der Waals surface area contributed by atoms with E-state index in [0.717, 1.165) is 8.26 Å². The number of allylic oxidation sites excluding steroid dienone is 1. The first-order valence-corrected chi connectivity index (χ1v) is 29.8. The van der Waals surface area contributed by atoms with Gasteiger partial charge in [-0.1, -0.05) is 0 Å². The van der Waals surface area contributed by atoms with Gasteiger partial charge < -0.3 is 0 Å². The molecular formula is C29H38BrNSiZr. The Labute approximate surface area is 204 Å². The van der Waals surface area contributed by atoms with E-state index in [1.165, 1.54) is 26.7 Å². The van der Waals surface area contributed by atoms with E-state index in [1.807, 2.05) is 0 Å². The molecule has 0 heterocycles. The van der Waals surface area contributed by atoms with Crippen molar-refractivity contribution in [2.75, 3.05) is 0 Å². The van der Waals surface area contributed by atoms with Crippen molar-refractivity contribution >= 4 is 28.9 Å². The normalized spacial score (nSPS) is 19.5. The quantitative estimate of drug-likeness (QED) is 0.288. The van der Waals surface area contributed by atoms with Crippen LogP contribution in [0.15, 0.2) is 89.4 Å². The second kappa shape index (κ2) is 7.23. The standard InChI is InChI=1S/C9H6Br.2C7H7.C4H10N.2CH3.H2Si.Zr/c10-9-5-7-3-1-2-4-8(7)6-9;2*1-7-5-3-2-4-6-7;1-4(2,3)5;;;;/h1-6H;2*2-6H,1H2;5H,1-3H3;2*1H3;1H2;/q;;;-1;;;;+1. The van der Waals surface area contributed by atoms with Gasteiger partial charge in [-0.15, -0.1) is 0 Å². The van der Waals surface area contributed by atoms with Gasteiger partial charge in [0.2, 0.25) is 0 Å². The molecule has 33 heavy (non-hydrogen) atoms. The van der Waals surface area contributed by atoms with Gasteiger partial charge in [-0.3, -0.25) is 0 Å². The predicted octanol–water partition coefficient (Wildman–Crippen LogP) is 7.59. The van der Waals surface area contributed by atoms with Crippen LogP contribution in [-0.2, 0) is 23.0 Å².